The number of ether oxygens (including phenoxy) is 2. The zero-order valence-electron chi connectivity index (χ0n) is 15.2. The van der Waals surface area contributed by atoms with E-state index < -0.39 is 10.0 Å². The second-order valence-corrected chi connectivity index (χ2v) is 7.66. The summed E-state index contributed by atoms with van der Waals surface area (Å²) < 4.78 is 37.5. The van der Waals surface area contributed by atoms with Crippen LogP contribution in [0.5, 0.6) is 0 Å². The molecular formula is C18H25N3O4S. The van der Waals surface area contributed by atoms with Crippen LogP contribution in [-0.2, 0) is 19.5 Å². The molecule has 0 radical (unpaired) electrons. The van der Waals surface area contributed by atoms with Crippen molar-refractivity contribution in [2.24, 2.45) is 0 Å². The van der Waals surface area contributed by atoms with Gasteiger partial charge in [0.15, 0.2) is 4.91 Å². The minimum atomic E-state index is -3.84. The van der Waals surface area contributed by atoms with Crippen LogP contribution in [0, 0.1) is 11.3 Å². The van der Waals surface area contributed by atoms with Crippen molar-refractivity contribution in [2.75, 3.05) is 51.5 Å². The van der Waals surface area contributed by atoms with Crippen molar-refractivity contribution in [3.63, 3.8) is 0 Å². The van der Waals surface area contributed by atoms with Gasteiger partial charge in [0.1, 0.15) is 6.07 Å². The number of sulfonamides is 1. The molecule has 0 saturated carbocycles. The van der Waals surface area contributed by atoms with Crippen LogP contribution in [0.3, 0.4) is 0 Å². The number of allylic oxidation sites excluding steroid dienone is 2. The van der Waals surface area contributed by atoms with Crippen LogP contribution in [0.15, 0.2) is 29.2 Å². The van der Waals surface area contributed by atoms with Crippen LogP contribution in [-0.4, -0.2) is 55.0 Å². The molecule has 7 nitrogen and oxygen atoms in total. The van der Waals surface area contributed by atoms with Gasteiger partial charge in [0.05, 0.1) is 13.2 Å². The number of anilines is 1. The predicted molar refractivity (Wildman–Crippen MR) is 101 cm³/mol. The summed E-state index contributed by atoms with van der Waals surface area (Å²) in [6.07, 6.45) is 0.543. The Morgan fingerprint density at radius 1 is 1.31 bits per heavy atom. The van der Waals surface area contributed by atoms with E-state index in [4.69, 9.17) is 9.47 Å². The predicted octanol–water partition coefficient (Wildman–Crippen LogP) is 1.73. The maximum Gasteiger partial charge on any atom is 0.250 e. The number of morpholine rings is 1. The van der Waals surface area contributed by atoms with Gasteiger partial charge in [0.2, 0.25) is 0 Å². The number of nitrogens with one attached hydrogen (secondary N) is 1. The summed E-state index contributed by atoms with van der Waals surface area (Å²) >= 11 is 0. The number of hydrogen-bond acceptors (Lipinski definition) is 6. The van der Waals surface area contributed by atoms with Crippen LogP contribution in [0.25, 0.3) is 5.57 Å². The summed E-state index contributed by atoms with van der Waals surface area (Å²) in [4.78, 5) is 1.96. The molecule has 0 amide bonds. The Bertz CT molecular complexity index is 761. The first kappa shape index (κ1) is 20.4. The molecule has 0 bridgehead atoms. The molecule has 0 aromatic heterocycles. The normalized spacial score (nSPS) is 16.1. The van der Waals surface area contributed by atoms with E-state index in [0.717, 1.165) is 18.8 Å². The zero-order valence-corrected chi connectivity index (χ0v) is 16.0. The molecule has 1 heterocycles. The molecule has 1 N–H and O–H groups in total. The lowest BCUT2D eigenvalue weighted by molar-refractivity contribution is 0.122. The minimum absolute atomic E-state index is 0.227. The van der Waals surface area contributed by atoms with E-state index in [1.807, 2.05) is 30.3 Å². The lowest BCUT2D eigenvalue weighted by Crippen LogP contribution is -2.36. The van der Waals surface area contributed by atoms with Crippen molar-refractivity contribution in [3.05, 3.63) is 34.7 Å². The molecule has 1 aliphatic heterocycles. The molecular weight excluding hydrogens is 354 g/mol. The first-order valence-electron chi connectivity index (χ1n) is 8.52. The van der Waals surface area contributed by atoms with Crippen molar-refractivity contribution in [2.45, 2.75) is 13.3 Å². The highest BCUT2D eigenvalue weighted by Gasteiger charge is 2.21. The topological polar surface area (TPSA) is 91.7 Å². The van der Waals surface area contributed by atoms with E-state index in [9.17, 15) is 13.7 Å². The van der Waals surface area contributed by atoms with Crippen molar-refractivity contribution in [3.8, 4) is 6.07 Å². The quantitative estimate of drug-likeness (QED) is 0.546. The number of hydrogen-bond donors (Lipinski definition) is 1. The van der Waals surface area contributed by atoms with Crippen LogP contribution in [0.1, 0.15) is 18.9 Å². The summed E-state index contributed by atoms with van der Waals surface area (Å²) in [6, 6.07) is 9.41. The van der Waals surface area contributed by atoms with Gasteiger partial charge >= 0.3 is 0 Å². The second kappa shape index (κ2) is 9.69. The summed E-state index contributed by atoms with van der Waals surface area (Å²) in [5.41, 5.74) is 2.20. The Labute approximate surface area is 155 Å². The van der Waals surface area contributed by atoms with Crippen LogP contribution >= 0.6 is 0 Å². The summed E-state index contributed by atoms with van der Waals surface area (Å²) in [5.74, 6) is 0. The molecule has 0 spiro atoms. The smallest absolute Gasteiger partial charge is 0.250 e. The molecule has 2 rings (SSSR count). The molecule has 1 fully saturated rings. The first-order chi connectivity index (χ1) is 12.5. The molecule has 0 atom stereocenters. The van der Waals surface area contributed by atoms with Crippen LogP contribution < -0.4 is 9.62 Å². The van der Waals surface area contributed by atoms with Crippen molar-refractivity contribution in [1.29, 1.82) is 5.26 Å². The fourth-order valence-corrected chi connectivity index (χ4v) is 3.91. The molecule has 26 heavy (non-hydrogen) atoms. The molecule has 1 aliphatic rings. The third-order valence-electron chi connectivity index (χ3n) is 4.20. The monoisotopic (exact) mass is 379 g/mol. The molecule has 142 valence electrons. The highest BCUT2D eigenvalue weighted by Crippen LogP contribution is 2.24. The molecule has 1 saturated heterocycles. The zero-order chi connectivity index (χ0) is 19.0. The Hall–Kier alpha value is -1.92. The average molecular weight is 379 g/mol. The van der Waals surface area contributed by atoms with Gasteiger partial charge in [-0.25, -0.2) is 13.1 Å². The lowest BCUT2D eigenvalue weighted by Gasteiger charge is -2.29. The van der Waals surface area contributed by atoms with Gasteiger partial charge < -0.3 is 14.4 Å². The van der Waals surface area contributed by atoms with Gasteiger partial charge in [-0.15, -0.1) is 0 Å². The summed E-state index contributed by atoms with van der Waals surface area (Å²) in [7, 11) is -2.29. The van der Waals surface area contributed by atoms with Gasteiger partial charge in [0, 0.05) is 39.0 Å². The molecule has 8 heteroatoms. The lowest BCUT2D eigenvalue weighted by atomic mass is 10.1. The van der Waals surface area contributed by atoms with Gasteiger partial charge in [-0.2, -0.15) is 5.26 Å². The van der Waals surface area contributed by atoms with Gasteiger partial charge in [-0.1, -0.05) is 12.1 Å². The van der Waals surface area contributed by atoms with E-state index in [2.05, 4.69) is 9.62 Å². The third-order valence-corrected chi connectivity index (χ3v) is 5.72. The van der Waals surface area contributed by atoms with E-state index >= 15 is 0 Å². The van der Waals surface area contributed by atoms with Crippen molar-refractivity contribution >= 4 is 21.3 Å². The molecule has 1 aromatic carbocycles. The molecule has 0 unspecified atom stereocenters. The first-order valence-corrected chi connectivity index (χ1v) is 10.0. The van der Waals surface area contributed by atoms with Gasteiger partial charge in [-0.3, -0.25) is 0 Å². The Kier molecular flexibility index (Phi) is 7.60. The fourth-order valence-electron chi connectivity index (χ4n) is 2.72. The third kappa shape index (κ3) is 5.29. The standard InChI is InChI=1S/C18H25N3O4S/c1-15(18(14-19)26(22,23)20-8-3-11-24-2)16-4-6-17(7-5-16)21-9-12-25-13-10-21/h4-7,20H,3,8-13H2,1-2H3/b18-15+. The van der Waals surface area contributed by atoms with E-state index in [0.29, 0.717) is 37.4 Å². The Morgan fingerprint density at radius 3 is 2.54 bits per heavy atom. The fraction of sp³-hybridized carbons (Fsp3) is 0.500. The maximum atomic E-state index is 12.4. The van der Waals surface area contributed by atoms with Crippen molar-refractivity contribution in [1.82, 2.24) is 4.72 Å². The average Bonchev–Trinajstić information content (AvgIpc) is 2.66. The van der Waals surface area contributed by atoms with E-state index in [1.54, 1.807) is 14.0 Å². The van der Waals surface area contributed by atoms with Crippen LogP contribution in [0.4, 0.5) is 5.69 Å². The number of methoxy groups -OCH3 is 1. The van der Waals surface area contributed by atoms with E-state index in [-0.39, 0.29) is 11.4 Å². The highest BCUT2D eigenvalue weighted by molar-refractivity contribution is 7.93. The van der Waals surface area contributed by atoms with E-state index in [1.165, 1.54) is 0 Å². The highest BCUT2D eigenvalue weighted by atomic mass is 32.2. The number of rotatable bonds is 8. The van der Waals surface area contributed by atoms with Gasteiger partial charge in [-0.05, 0) is 36.6 Å². The number of nitrogens with zero attached hydrogens (tertiary/aromatic N) is 2. The molecule has 0 aliphatic carbocycles. The minimum Gasteiger partial charge on any atom is -0.385 e. The largest absolute Gasteiger partial charge is 0.385 e. The number of benzene rings is 1. The SMILES string of the molecule is COCCCNS(=O)(=O)/C(C#N)=C(\C)c1ccc(N2CCOCC2)cc1. The van der Waals surface area contributed by atoms with Crippen LogP contribution in [0.2, 0.25) is 0 Å². The molecule has 1 aromatic rings. The van der Waals surface area contributed by atoms with Crippen molar-refractivity contribution < 1.29 is 17.9 Å². The second-order valence-electron chi connectivity index (χ2n) is 5.96. The maximum absolute atomic E-state index is 12.4. The number of nitriles is 1. The summed E-state index contributed by atoms with van der Waals surface area (Å²) in [5, 5.41) is 9.38. The Morgan fingerprint density at radius 2 is 1.96 bits per heavy atom. The van der Waals surface area contributed by atoms with Gasteiger partial charge in [0.25, 0.3) is 10.0 Å². The Balaban J connectivity index is 2.17. The summed E-state index contributed by atoms with van der Waals surface area (Å²) in [6.45, 7) is 5.39.